The second-order valence-corrected chi connectivity index (χ2v) is 23.9. The molecule has 0 fully saturated rings. The van der Waals surface area contributed by atoms with Gasteiger partial charge in [-0.2, -0.15) is 46.7 Å². The predicted octanol–water partition coefficient (Wildman–Crippen LogP) is 5.00. The van der Waals surface area contributed by atoms with Crippen molar-refractivity contribution < 1.29 is 79.3 Å². The van der Waals surface area contributed by atoms with E-state index in [1.807, 2.05) is 0 Å². The number of carbonyl (C=O) groups is 1. The maximum Gasteiger partial charge on any atom is 0.335 e. The van der Waals surface area contributed by atoms with Gasteiger partial charge in [0.25, 0.3) is 50.6 Å². The van der Waals surface area contributed by atoms with Crippen molar-refractivity contribution in [3.8, 4) is 0 Å². The third kappa shape index (κ3) is 10.1. The van der Waals surface area contributed by atoms with Crippen LogP contribution in [0.15, 0.2) is 88.3 Å². The maximum absolute atomic E-state index is 12.6. The number of carboxylic acids is 1. The topological polar surface area (TPSA) is 315 Å². The average molecular weight is 986 g/mol. The normalized spacial score (nSPS) is 18.8. The minimum Gasteiger partial charge on any atom is -0.478 e. The van der Waals surface area contributed by atoms with Gasteiger partial charge in [0.2, 0.25) is 5.69 Å². The molecule has 24 heteroatoms. The number of carboxylic acid groups (broad SMARTS) is 1. The summed E-state index contributed by atoms with van der Waals surface area (Å²) in [6, 6.07) is 12.3. The number of hydrogen-bond acceptors (Lipinski definition) is 12. The van der Waals surface area contributed by atoms with Crippen molar-refractivity contribution in [2.75, 3.05) is 35.2 Å². The Bertz CT molecular complexity index is 3300. The molecule has 0 radical (unpaired) electrons. The zero-order valence-corrected chi connectivity index (χ0v) is 38.5. The lowest BCUT2D eigenvalue weighted by Crippen LogP contribution is -2.32. The van der Waals surface area contributed by atoms with Crippen LogP contribution < -0.4 is 4.90 Å². The van der Waals surface area contributed by atoms with E-state index in [1.165, 1.54) is 24.3 Å². The summed E-state index contributed by atoms with van der Waals surface area (Å²) in [5, 5.41) is 10.7. The highest BCUT2D eigenvalue weighted by Crippen LogP contribution is 2.52. The second-order valence-electron chi connectivity index (χ2n) is 16.4. The van der Waals surface area contributed by atoms with E-state index in [9.17, 15) is 74.8 Å². The van der Waals surface area contributed by atoms with E-state index in [2.05, 4.69) is 0 Å². The van der Waals surface area contributed by atoms with Gasteiger partial charge in [0.05, 0.1) is 33.1 Å². The maximum atomic E-state index is 12.6. The number of nitrogens with zero attached hydrogens (tertiary/aromatic N) is 2. The molecule has 4 aromatic carbocycles. The van der Waals surface area contributed by atoms with Crippen LogP contribution in [0, 0.1) is 0 Å². The number of anilines is 1. The Morgan fingerprint density at radius 1 is 0.688 bits per heavy atom. The van der Waals surface area contributed by atoms with Crippen LogP contribution in [0.2, 0.25) is 0 Å². The zero-order chi connectivity index (χ0) is 47.6. The van der Waals surface area contributed by atoms with Crippen molar-refractivity contribution >= 4 is 95.2 Å². The Balaban J connectivity index is 1.59. The summed E-state index contributed by atoms with van der Waals surface area (Å²) in [6.45, 7) is 5.16. The lowest BCUT2D eigenvalue weighted by atomic mass is 9.74. The van der Waals surface area contributed by atoms with Gasteiger partial charge in [0.15, 0.2) is 5.71 Å². The third-order valence-electron chi connectivity index (χ3n) is 11.6. The van der Waals surface area contributed by atoms with Gasteiger partial charge in [0.1, 0.15) is 11.4 Å². The lowest BCUT2D eigenvalue weighted by molar-refractivity contribution is -0.437. The van der Waals surface area contributed by atoms with Gasteiger partial charge in [-0.3, -0.25) is 22.8 Å². The van der Waals surface area contributed by atoms with E-state index in [-0.39, 0.29) is 55.1 Å². The molecule has 0 bridgehead atoms. The van der Waals surface area contributed by atoms with Gasteiger partial charge in [-0.1, -0.05) is 32.1 Å². The van der Waals surface area contributed by atoms with Crippen molar-refractivity contribution in [2.24, 2.45) is 0 Å². The molecule has 1 unspecified atom stereocenters. The van der Waals surface area contributed by atoms with E-state index in [4.69, 9.17) is 0 Å². The van der Waals surface area contributed by atoms with Gasteiger partial charge in [-0.25, -0.2) is 4.79 Å². The van der Waals surface area contributed by atoms with Crippen molar-refractivity contribution in [3.63, 3.8) is 0 Å². The van der Waals surface area contributed by atoms with E-state index in [0.29, 0.717) is 50.7 Å². The van der Waals surface area contributed by atoms with Crippen LogP contribution >= 0.6 is 0 Å². The van der Waals surface area contributed by atoms with Crippen LogP contribution in [0.25, 0.3) is 21.5 Å². The summed E-state index contributed by atoms with van der Waals surface area (Å²) in [5.74, 6) is -3.07. The first-order chi connectivity index (χ1) is 29.3. The molecular formula is C40H45N2O17S5+. The number of rotatable bonds is 17. The summed E-state index contributed by atoms with van der Waals surface area (Å²) in [4.78, 5) is 11.9. The summed E-state index contributed by atoms with van der Waals surface area (Å²) in [6.07, 6.45) is 4.72. The predicted molar refractivity (Wildman–Crippen MR) is 237 cm³/mol. The van der Waals surface area contributed by atoms with Gasteiger partial charge in [-0.05, 0) is 90.4 Å². The molecule has 64 heavy (non-hydrogen) atoms. The minimum absolute atomic E-state index is 0.00299. The van der Waals surface area contributed by atoms with Crippen LogP contribution in [0.5, 0.6) is 0 Å². The molecule has 0 aliphatic carbocycles. The molecule has 6 N–H and O–H groups in total. The summed E-state index contributed by atoms with van der Waals surface area (Å²) in [7, 11) is -23.4. The van der Waals surface area contributed by atoms with E-state index >= 15 is 0 Å². The molecule has 4 aromatic rings. The first-order valence-electron chi connectivity index (χ1n) is 19.4. The zero-order valence-electron chi connectivity index (χ0n) is 34.4. The van der Waals surface area contributed by atoms with Crippen LogP contribution in [-0.2, 0) is 61.4 Å². The molecule has 6 rings (SSSR count). The number of hydrogen-bond donors (Lipinski definition) is 6. The average Bonchev–Trinajstić information content (AvgIpc) is 3.51. The largest absolute Gasteiger partial charge is 0.478 e. The Morgan fingerprint density at radius 2 is 1.30 bits per heavy atom. The fourth-order valence-corrected chi connectivity index (χ4v) is 11.8. The first-order valence-corrected chi connectivity index (χ1v) is 27.1. The highest BCUT2D eigenvalue weighted by atomic mass is 32.2. The van der Waals surface area contributed by atoms with Crippen LogP contribution in [0.1, 0.15) is 67.9 Å². The SMILES string of the molecule is CC1(CCCS(=O)(=O)O)C(/C=C/C=C2/N(CCCS(=O)(=O)O)c3ccc4c(S(=O)(=O)O)cc(S(=O)(=O)O)cc4c3C2(C)C)=[N+](CCCS(=O)(=O)O)c2ccc3cc(C(=O)O)ccc3c21. The van der Waals surface area contributed by atoms with Crippen LogP contribution in [0.4, 0.5) is 11.4 Å². The van der Waals surface area contributed by atoms with Crippen molar-refractivity contribution in [1.29, 1.82) is 0 Å². The van der Waals surface area contributed by atoms with Gasteiger partial charge in [-0.15, -0.1) is 0 Å². The number of fused-ring (bicyclic) bond motifs is 6. The summed E-state index contributed by atoms with van der Waals surface area (Å²) >= 11 is 0. The summed E-state index contributed by atoms with van der Waals surface area (Å²) < 4.78 is 172. The monoisotopic (exact) mass is 985 g/mol. The number of allylic oxidation sites excluding steroid dienone is 4. The lowest BCUT2D eigenvalue weighted by Gasteiger charge is -2.27. The Kier molecular flexibility index (Phi) is 13.0. The highest BCUT2D eigenvalue weighted by Gasteiger charge is 2.49. The van der Waals surface area contributed by atoms with Crippen LogP contribution in [0.3, 0.4) is 0 Å². The van der Waals surface area contributed by atoms with Gasteiger partial charge in [0, 0.05) is 52.9 Å². The molecule has 0 aromatic heterocycles. The quantitative estimate of drug-likeness (QED) is 0.0599. The Labute approximate surface area is 370 Å². The highest BCUT2D eigenvalue weighted by molar-refractivity contribution is 7.87. The fourth-order valence-electron chi connectivity index (χ4n) is 8.97. The van der Waals surface area contributed by atoms with Gasteiger partial charge >= 0.3 is 5.97 Å². The fraction of sp³-hybridized carbons (Fsp3) is 0.350. The van der Waals surface area contributed by atoms with Crippen molar-refractivity contribution in [1.82, 2.24) is 0 Å². The molecule has 19 nitrogen and oxygen atoms in total. The Morgan fingerprint density at radius 3 is 1.89 bits per heavy atom. The minimum atomic E-state index is -5.07. The molecule has 0 saturated heterocycles. The van der Waals surface area contributed by atoms with Crippen LogP contribution in [-0.4, -0.2) is 117 Å². The first kappa shape index (κ1) is 48.8. The molecule has 2 heterocycles. The van der Waals surface area contributed by atoms with E-state index < -0.39 is 94.4 Å². The number of benzene rings is 4. The second kappa shape index (κ2) is 17.0. The molecular weight excluding hydrogens is 941 g/mol. The molecule has 346 valence electrons. The molecule has 0 saturated carbocycles. The van der Waals surface area contributed by atoms with E-state index in [0.717, 1.165) is 6.07 Å². The third-order valence-corrected chi connectivity index (χ3v) is 15.7. The van der Waals surface area contributed by atoms with Crippen molar-refractivity contribution in [3.05, 3.63) is 95.2 Å². The smallest absolute Gasteiger partial charge is 0.335 e. The molecule has 2 aliphatic rings. The van der Waals surface area contributed by atoms with Crippen molar-refractivity contribution in [2.45, 2.75) is 67.1 Å². The van der Waals surface area contributed by atoms with Gasteiger partial charge < -0.3 is 10.0 Å². The molecule has 1 atom stereocenters. The number of aromatic carboxylic acids is 1. The molecule has 0 amide bonds. The van der Waals surface area contributed by atoms with E-state index in [1.54, 1.807) is 66.7 Å². The molecule has 2 aliphatic heterocycles. The molecule has 0 spiro atoms. The standard InChI is InChI=1S/C40H44N2O17S5/c1-39(2)34(41(17-6-20-61(48,49)50)31-15-13-29-30(36(31)39)23-27(63(54,55)56)24-33(29)64(57,58)59)8-4-9-35-40(3,16-5-19-60(45,46)47)37-28-12-10-26(38(43)44)22-25(28)11-14-32(37)42(35)18-7-21-62(51,52)53/h4,8-15,22-24H,5-7,16-21H2,1-3H3,(H5-,43,44,45,46,47,48,49,50,51,52,53,54,55,56,57,58,59)/p+1. The summed E-state index contributed by atoms with van der Waals surface area (Å²) in [5.41, 5.74) is 0.482. The Hall–Kier alpha value is -4.63.